The SMILES string of the molecule is CCNc1cc(C(=O)N(C)C(C)CSC)ccn1. The smallest absolute Gasteiger partial charge is 0.254 e. The molecule has 0 aliphatic heterocycles. The van der Waals surface area contributed by atoms with Gasteiger partial charge < -0.3 is 10.2 Å². The zero-order valence-electron chi connectivity index (χ0n) is 11.4. The number of nitrogens with zero attached hydrogens (tertiary/aromatic N) is 2. The minimum absolute atomic E-state index is 0.0399. The van der Waals surface area contributed by atoms with Crippen molar-refractivity contribution in [3.8, 4) is 0 Å². The van der Waals surface area contributed by atoms with Gasteiger partial charge in [-0.05, 0) is 32.2 Å². The number of anilines is 1. The van der Waals surface area contributed by atoms with Crippen LogP contribution >= 0.6 is 11.8 Å². The summed E-state index contributed by atoms with van der Waals surface area (Å²) in [5.74, 6) is 1.72. The van der Waals surface area contributed by atoms with Crippen molar-refractivity contribution in [1.82, 2.24) is 9.88 Å². The number of rotatable bonds is 6. The number of hydrogen-bond donors (Lipinski definition) is 1. The third kappa shape index (κ3) is 3.91. The first-order valence-electron chi connectivity index (χ1n) is 6.06. The summed E-state index contributed by atoms with van der Waals surface area (Å²) in [6, 6.07) is 3.78. The van der Waals surface area contributed by atoms with E-state index in [1.165, 1.54) is 0 Å². The van der Waals surface area contributed by atoms with Gasteiger partial charge >= 0.3 is 0 Å². The van der Waals surface area contributed by atoms with Crippen LogP contribution in [0.25, 0.3) is 0 Å². The lowest BCUT2D eigenvalue weighted by atomic mass is 10.2. The highest BCUT2D eigenvalue weighted by molar-refractivity contribution is 7.98. The molecule has 1 amide bonds. The second-order valence-electron chi connectivity index (χ2n) is 4.18. The molecule has 0 bridgehead atoms. The van der Waals surface area contributed by atoms with Crippen molar-refractivity contribution < 1.29 is 4.79 Å². The molecular formula is C13H21N3OS. The fourth-order valence-electron chi connectivity index (χ4n) is 1.60. The minimum Gasteiger partial charge on any atom is -0.370 e. The number of nitrogens with one attached hydrogen (secondary N) is 1. The molecule has 18 heavy (non-hydrogen) atoms. The highest BCUT2D eigenvalue weighted by atomic mass is 32.2. The second-order valence-corrected chi connectivity index (χ2v) is 5.09. The molecule has 0 saturated heterocycles. The number of hydrogen-bond acceptors (Lipinski definition) is 4. The Bertz CT molecular complexity index is 398. The van der Waals surface area contributed by atoms with Gasteiger partial charge in [0.2, 0.25) is 0 Å². The number of carbonyl (C=O) groups excluding carboxylic acids is 1. The molecule has 1 aromatic heterocycles. The summed E-state index contributed by atoms with van der Waals surface area (Å²) in [4.78, 5) is 18.2. The summed E-state index contributed by atoms with van der Waals surface area (Å²) < 4.78 is 0. The van der Waals surface area contributed by atoms with Crippen molar-refractivity contribution in [2.24, 2.45) is 0 Å². The van der Waals surface area contributed by atoms with Crippen LogP contribution in [0, 0.1) is 0 Å². The van der Waals surface area contributed by atoms with Gasteiger partial charge in [-0.2, -0.15) is 11.8 Å². The molecular weight excluding hydrogens is 246 g/mol. The molecule has 100 valence electrons. The lowest BCUT2D eigenvalue weighted by Gasteiger charge is -2.24. The van der Waals surface area contributed by atoms with Gasteiger partial charge in [-0.1, -0.05) is 0 Å². The molecule has 0 saturated carbocycles. The van der Waals surface area contributed by atoms with Gasteiger partial charge in [0.15, 0.2) is 0 Å². The molecule has 1 heterocycles. The zero-order chi connectivity index (χ0) is 13.5. The molecule has 1 unspecified atom stereocenters. The molecule has 1 rings (SSSR count). The molecule has 4 nitrogen and oxygen atoms in total. The Labute approximate surface area is 113 Å². The largest absolute Gasteiger partial charge is 0.370 e. The van der Waals surface area contributed by atoms with Crippen LogP contribution in [0.15, 0.2) is 18.3 Å². The molecule has 0 aliphatic carbocycles. The van der Waals surface area contributed by atoms with Crippen molar-refractivity contribution in [2.45, 2.75) is 19.9 Å². The van der Waals surface area contributed by atoms with Crippen LogP contribution in [0.1, 0.15) is 24.2 Å². The standard InChI is InChI=1S/C13H21N3OS/c1-5-14-12-8-11(6-7-15-12)13(17)16(3)10(2)9-18-4/h6-8,10H,5,9H2,1-4H3,(H,14,15). The van der Waals surface area contributed by atoms with Gasteiger partial charge in [-0.3, -0.25) is 4.79 Å². The first kappa shape index (κ1) is 14.8. The predicted molar refractivity (Wildman–Crippen MR) is 78.3 cm³/mol. The molecule has 1 atom stereocenters. The third-order valence-corrected chi connectivity index (χ3v) is 3.57. The van der Waals surface area contributed by atoms with E-state index in [2.05, 4.69) is 17.2 Å². The number of aromatic nitrogens is 1. The Morgan fingerprint density at radius 1 is 1.61 bits per heavy atom. The van der Waals surface area contributed by atoms with E-state index >= 15 is 0 Å². The topological polar surface area (TPSA) is 45.2 Å². The van der Waals surface area contributed by atoms with E-state index < -0.39 is 0 Å². The van der Waals surface area contributed by atoms with Crippen molar-refractivity contribution in [3.63, 3.8) is 0 Å². The highest BCUT2D eigenvalue weighted by Gasteiger charge is 2.17. The first-order chi connectivity index (χ1) is 8.60. The Kier molecular flexibility index (Phi) is 5.98. The summed E-state index contributed by atoms with van der Waals surface area (Å²) in [6.07, 6.45) is 3.71. The van der Waals surface area contributed by atoms with E-state index in [0.29, 0.717) is 5.56 Å². The van der Waals surface area contributed by atoms with E-state index in [1.54, 1.807) is 35.0 Å². The Morgan fingerprint density at radius 2 is 2.33 bits per heavy atom. The first-order valence-corrected chi connectivity index (χ1v) is 7.45. The Balaban J connectivity index is 2.79. The summed E-state index contributed by atoms with van der Waals surface area (Å²) in [5, 5.41) is 3.11. The number of pyridine rings is 1. The highest BCUT2D eigenvalue weighted by Crippen LogP contribution is 2.12. The van der Waals surface area contributed by atoms with Crippen LogP contribution in [-0.4, -0.2) is 47.4 Å². The maximum absolute atomic E-state index is 12.3. The fraction of sp³-hybridized carbons (Fsp3) is 0.538. The van der Waals surface area contributed by atoms with Crippen LogP contribution in [0.4, 0.5) is 5.82 Å². The molecule has 5 heteroatoms. The van der Waals surface area contributed by atoms with E-state index in [0.717, 1.165) is 18.1 Å². The van der Waals surface area contributed by atoms with Gasteiger partial charge in [0.05, 0.1) is 0 Å². The van der Waals surface area contributed by atoms with Crippen LogP contribution in [0.2, 0.25) is 0 Å². The lowest BCUT2D eigenvalue weighted by molar-refractivity contribution is 0.0757. The van der Waals surface area contributed by atoms with Gasteiger partial charge in [0.1, 0.15) is 5.82 Å². The maximum atomic E-state index is 12.3. The van der Waals surface area contributed by atoms with E-state index in [9.17, 15) is 4.79 Å². The van der Waals surface area contributed by atoms with Crippen LogP contribution in [0.5, 0.6) is 0 Å². The summed E-state index contributed by atoms with van der Waals surface area (Å²) in [5.41, 5.74) is 0.677. The monoisotopic (exact) mass is 267 g/mol. The molecule has 0 spiro atoms. The average molecular weight is 267 g/mol. The number of thioether (sulfide) groups is 1. The van der Waals surface area contributed by atoms with E-state index in [-0.39, 0.29) is 11.9 Å². The fourth-order valence-corrected chi connectivity index (χ4v) is 2.30. The van der Waals surface area contributed by atoms with Crippen molar-refractivity contribution in [3.05, 3.63) is 23.9 Å². The summed E-state index contributed by atoms with van der Waals surface area (Å²) in [7, 11) is 1.84. The van der Waals surface area contributed by atoms with E-state index in [1.807, 2.05) is 20.2 Å². The zero-order valence-corrected chi connectivity index (χ0v) is 12.3. The van der Waals surface area contributed by atoms with E-state index in [4.69, 9.17) is 0 Å². The average Bonchev–Trinajstić information content (AvgIpc) is 2.38. The summed E-state index contributed by atoms with van der Waals surface area (Å²) in [6.45, 7) is 4.85. The molecule has 0 radical (unpaired) electrons. The van der Waals surface area contributed by atoms with Crippen LogP contribution in [0.3, 0.4) is 0 Å². The molecule has 0 fully saturated rings. The van der Waals surface area contributed by atoms with Gasteiger partial charge in [-0.15, -0.1) is 0 Å². The minimum atomic E-state index is 0.0399. The molecule has 0 aromatic carbocycles. The second kappa shape index (κ2) is 7.26. The third-order valence-electron chi connectivity index (χ3n) is 2.75. The predicted octanol–water partition coefficient (Wildman–Crippen LogP) is 2.34. The van der Waals surface area contributed by atoms with Crippen molar-refractivity contribution in [2.75, 3.05) is 30.9 Å². The summed E-state index contributed by atoms with van der Waals surface area (Å²) >= 11 is 1.74. The van der Waals surface area contributed by atoms with Gasteiger partial charge in [0.25, 0.3) is 5.91 Å². The molecule has 0 aliphatic rings. The van der Waals surface area contributed by atoms with Crippen LogP contribution in [-0.2, 0) is 0 Å². The number of amides is 1. The Hall–Kier alpha value is -1.23. The lowest BCUT2D eigenvalue weighted by Crippen LogP contribution is -2.36. The van der Waals surface area contributed by atoms with Gasteiger partial charge in [0, 0.05) is 37.1 Å². The quantitative estimate of drug-likeness (QED) is 0.859. The number of carbonyl (C=O) groups is 1. The van der Waals surface area contributed by atoms with Crippen molar-refractivity contribution >= 4 is 23.5 Å². The Morgan fingerprint density at radius 3 is 2.94 bits per heavy atom. The maximum Gasteiger partial charge on any atom is 0.254 e. The molecule has 1 aromatic rings. The normalized spacial score (nSPS) is 12.0. The molecule has 1 N–H and O–H groups in total. The van der Waals surface area contributed by atoms with Crippen LogP contribution < -0.4 is 5.32 Å². The van der Waals surface area contributed by atoms with Gasteiger partial charge in [-0.25, -0.2) is 4.98 Å². The van der Waals surface area contributed by atoms with Crippen molar-refractivity contribution in [1.29, 1.82) is 0 Å².